The molecule has 308 valence electrons. The highest BCUT2D eigenvalue weighted by Gasteiger charge is 2.46. The number of rotatable bonds is 30. The highest BCUT2D eigenvalue weighted by atomic mass is 32.3. The van der Waals surface area contributed by atoms with Crippen molar-refractivity contribution in [2.24, 2.45) is 0 Å². The third-order valence-corrected chi connectivity index (χ3v) is 12.2. The van der Waals surface area contributed by atoms with Gasteiger partial charge in [0.25, 0.3) is 0 Å². The van der Waals surface area contributed by atoms with Gasteiger partial charge in [-0.05, 0) is 57.1 Å². The molecule has 55 heavy (non-hydrogen) atoms. The summed E-state index contributed by atoms with van der Waals surface area (Å²) in [5.74, 6) is 3.19. The summed E-state index contributed by atoms with van der Waals surface area (Å²) < 4.78 is 47.0. The van der Waals surface area contributed by atoms with Crippen molar-refractivity contribution >= 4 is 16.3 Å². The molecular formula is C46H70O8S. The van der Waals surface area contributed by atoms with Gasteiger partial charge in [-0.1, -0.05) is 105 Å². The van der Waals surface area contributed by atoms with Crippen molar-refractivity contribution in [2.75, 3.05) is 39.6 Å². The minimum atomic E-state index is -3.07. The second-order valence-corrected chi connectivity index (χ2v) is 16.4. The van der Waals surface area contributed by atoms with Crippen LogP contribution in [0.5, 0.6) is 34.5 Å². The Morgan fingerprint density at radius 2 is 0.782 bits per heavy atom. The molecule has 0 aliphatic heterocycles. The zero-order valence-corrected chi connectivity index (χ0v) is 35.8. The van der Waals surface area contributed by atoms with Gasteiger partial charge in [0.1, 0.15) is 44.3 Å². The van der Waals surface area contributed by atoms with E-state index in [1.165, 1.54) is 0 Å². The average Bonchev–Trinajstić information content (AvgIpc) is 3.18. The Hall–Kier alpha value is -3.72. The Kier molecular flexibility index (Phi) is 21.7. The summed E-state index contributed by atoms with van der Waals surface area (Å²) in [4.78, 5) is 16.4. The van der Waals surface area contributed by atoms with Crippen LogP contribution in [0.3, 0.4) is 0 Å². The van der Waals surface area contributed by atoms with Crippen molar-refractivity contribution < 1.29 is 37.4 Å². The van der Waals surface area contributed by atoms with E-state index in [0.717, 1.165) is 81.9 Å². The largest absolute Gasteiger partial charge is 0.493 e. The maximum absolute atomic E-state index is 14.3. The van der Waals surface area contributed by atoms with Crippen LogP contribution in [0, 0.1) is 0 Å². The molecule has 3 rings (SSSR count). The van der Waals surface area contributed by atoms with Gasteiger partial charge in [-0.3, -0.25) is 4.79 Å². The first-order chi connectivity index (χ1) is 26.9. The summed E-state index contributed by atoms with van der Waals surface area (Å²) in [5.41, 5.74) is 0. The van der Waals surface area contributed by atoms with Crippen molar-refractivity contribution in [3.8, 4) is 34.5 Å². The molecule has 9 heteroatoms. The highest BCUT2D eigenvalue weighted by molar-refractivity contribution is 8.30. The summed E-state index contributed by atoms with van der Waals surface area (Å²) in [6.45, 7) is 17.8. The van der Waals surface area contributed by atoms with Gasteiger partial charge in [0, 0.05) is 45.9 Å². The van der Waals surface area contributed by atoms with E-state index in [1.807, 2.05) is 61.5 Å². The van der Waals surface area contributed by atoms with Crippen LogP contribution in [0.25, 0.3) is 0 Å². The van der Waals surface area contributed by atoms with Crippen LogP contribution in [-0.2, 0) is 8.98 Å². The van der Waals surface area contributed by atoms with Gasteiger partial charge in [-0.25, -0.2) is 0 Å². The minimum Gasteiger partial charge on any atom is -0.493 e. The molecule has 0 bridgehead atoms. The van der Waals surface area contributed by atoms with Gasteiger partial charge in [0.15, 0.2) is 0 Å². The predicted octanol–water partition coefficient (Wildman–Crippen LogP) is 13.3. The van der Waals surface area contributed by atoms with E-state index in [2.05, 4.69) is 41.5 Å². The fourth-order valence-electron chi connectivity index (χ4n) is 5.71. The number of carbonyl (C=O) groups excluding carboxylic acids is 1. The standard InChI is InChI=1S/C46H70O8S/c1-8-15-27-48-37-33-40(50-29-17-10-3)45(41(34-37)51-30-18-11-4)55(54-44(47)24-14-7,39-25-22-21-23-26-39)46-42(52-31-19-12-5)35-38(49-28-16-9-2)36-43(46)53-32-20-13-6/h21-23,25-26,33-36H,8-20,24,27-32H2,1-7H3. The van der Waals surface area contributed by atoms with Crippen LogP contribution in [0.15, 0.2) is 69.3 Å². The molecule has 0 N–H and O–H groups in total. The van der Waals surface area contributed by atoms with Crippen molar-refractivity contribution in [1.29, 1.82) is 0 Å². The second kappa shape index (κ2) is 26.2. The third kappa shape index (κ3) is 13.8. The second-order valence-electron chi connectivity index (χ2n) is 13.8. The Morgan fingerprint density at radius 1 is 0.455 bits per heavy atom. The third-order valence-electron chi connectivity index (χ3n) is 8.87. The molecule has 0 aliphatic rings. The molecule has 0 unspecified atom stereocenters. The maximum Gasteiger partial charge on any atom is 0.317 e. The average molecular weight is 783 g/mol. The smallest absolute Gasteiger partial charge is 0.317 e. The molecular weight excluding hydrogens is 713 g/mol. The van der Waals surface area contributed by atoms with Gasteiger partial charge >= 0.3 is 5.97 Å². The Morgan fingerprint density at radius 3 is 1.09 bits per heavy atom. The fourth-order valence-corrected chi connectivity index (χ4v) is 9.15. The van der Waals surface area contributed by atoms with Gasteiger partial charge < -0.3 is 32.6 Å². The number of hydrogen-bond donors (Lipinski definition) is 0. The van der Waals surface area contributed by atoms with Crippen LogP contribution >= 0.6 is 10.3 Å². The zero-order valence-electron chi connectivity index (χ0n) is 35.0. The van der Waals surface area contributed by atoms with E-state index < -0.39 is 10.3 Å². The monoisotopic (exact) mass is 782 g/mol. The Labute approximate surface area is 334 Å². The normalized spacial score (nSPS) is 11.5. The summed E-state index contributed by atoms with van der Waals surface area (Å²) in [7, 11) is -3.07. The molecule has 0 spiro atoms. The Balaban J connectivity index is 2.64. The lowest BCUT2D eigenvalue weighted by atomic mass is 10.2. The number of carbonyl (C=O) groups is 1. The first-order valence-electron chi connectivity index (χ1n) is 21.2. The van der Waals surface area contributed by atoms with Gasteiger partial charge in [-0.15, -0.1) is 0 Å². The van der Waals surface area contributed by atoms with Crippen molar-refractivity contribution in [3.63, 3.8) is 0 Å². The van der Waals surface area contributed by atoms with Crippen LogP contribution in [0.1, 0.15) is 138 Å². The SMILES string of the molecule is CCCCOc1cc(OCCCC)c(S(OC(=O)CCC)(c2ccccc2)c2c(OCCCC)cc(OCCCC)cc2OCCCC)c(OCCCC)c1. The van der Waals surface area contributed by atoms with Crippen molar-refractivity contribution in [1.82, 2.24) is 0 Å². The van der Waals surface area contributed by atoms with Crippen LogP contribution in [0.4, 0.5) is 0 Å². The maximum atomic E-state index is 14.3. The van der Waals surface area contributed by atoms with E-state index in [0.29, 0.717) is 90.4 Å². The molecule has 3 aromatic rings. The number of hydrogen-bond acceptors (Lipinski definition) is 8. The zero-order chi connectivity index (χ0) is 39.7. The predicted molar refractivity (Wildman–Crippen MR) is 225 cm³/mol. The molecule has 0 atom stereocenters. The molecule has 0 saturated carbocycles. The van der Waals surface area contributed by atoms with Crippen LogP contribution in [0.2, 0.25) is 0 Å². The van der Waals surface area contributed by atoms with Gasteiger partial charge in [-0.2, -0.15) is 0 Å². The van der Waals surface area contributed by atoms with Crippen molar-refractivity contribution in [2.45, 2.75) is 153 Å². The molecule has 0 fully saturated rings. The van der Waals surface area contributed by atoms with E-state index in [4.69, 9.17) is 32.6 Å². The number of benzene rings is 3. The van der Waals surface area contributed by atoms with Gasteiger partial charge in [0.2, 0.25) is 0 Å². The minimum absolute atomic E-state index is 0.230. The van der Waals surface area contributed by atoms with E-state index in [1.54, 1.807) is 0 Å². The highest BCUT2D eigenvalue weighted by Crippen LogP contribution is 2.77. The summed E-state index contributed by atoms with van der Waals surface area (Å²) in [5, 5.41) is 0. The molecule has 0 aliphatic carbocycles. The van der Waals surface area contributed by atoms with E-state index in [-0.39, 0.29) is 12.4 Å². The molecule has 0 radical (unpaired) electrons. The quantitative estimate of drug-likeness (QED) is 0.0618. The molecule has 8 nitrogen and oxygen atoms in total. The lowest BCUT2D eigenvalue weighted by Crippen LogP contribution is -2.18. The number of unbranched alkanes of at least 4 members (excludes halogenated alkanes) is 6. The molecule has 0 heterocycles. The summed E-state index contributed by atoms with van der Waals surface area (Å²) >= 11 is 0. The first-order valence-corrected chi connectivity index (χ1v) is 22.7. The van der Waals surface area contributed by atoms with E-state index in [9.17, 15) is 4.79 Å². The summed E-state index contributed by atoms with van der Waals surface area (Å²) in [6, 6.07) is 17.8. The number of ether oxygens (including phenoxy) is 6. The molecule has 3 aromatic carbocycles. The van der Waals surface area contributed by atoms with Crippen LogP contribution < -0.4 is 28.4 Å². The Bertz CT molecular complexity index is 1370. The van der Waals surface area contributed by atoms with E-state index >= 15 is 0 Å². The van der Waals surface area contributed by atoms with Crippen molar-refractivity contribution in [3.05, 3.63) is 54.6 Å². The van der Waals surface area contributed by atoms with Gasteiger partial charge in [0.05, 0.1) is 39.6 Å². The summed E-state index contributed by atoms with van der Waals surface area (Å²) in [6.07, 6.45) is 11.9. The first kappa shape index (κ1) is 45.7. The molecule has 0 aromatic heterocycles. The van der Waals surface area contributed by atoms with Crippen LogP contribution in [-0.4, -0.2) is 45.6 Å². The topological polar surface area (TPSA) is 81.7 Å². The lowest BCUT2D eigenvalue weighted by molar-refractivity contribution is -0.133. The fraction of sp³-hybridized carbons (Fsp3) is 0.587. The molecule has 0 saturated heterocycles. The lowest BCUT2D eigenvalue weighted by Gasteiger charge is -2.42. The molecule has 0 amide bonds.